The lowest BCUT2D eigenvalue weighted by atomic mass is 9.63. The molecule has 1 fully saturated rings. The minimum atomic E-state index is -1.57. The molecular weight excluding hydrogens is 252 g/mol. The van der Waals surface area contributed by atoms with E-state index in [1.807, 2.05) is 0 Å². The zero-order valence-electron chi connectivity index (χ0n) is 10.8. The summed E-state index contributed by atoms with van der Waals surface area (Å²) in [5.74, 6) is -4.19. The number of ether oxygens (including phenoxy) is 1. The average Bonchev–Trinajstić information content (AvgIpc) is 2.37. The van der Waals surface area contributed by atoms with Crippen molar-refractivity contribution in [1.82, 2.24) is 0 Å². The molecule has 0 amide bonds. The first-order valence-corrected chi connectivity index (χ1v) is 6.15. The van der Waals surface area contributed by atoms with Crippen molar-refractivity contribution in [1.29, 1.82) is 0 Å². The Labute approximate surface area is 111 Å². The number of aliphatic carboxylic acids is 2. The summed E-state index contributed by atoms with van der Waals surface area (Å²) in [7, 11) is 0. The Morgan fingerprint density at radius 3 is 2.47 bits per heavy atom. The van der Waals surface area contributed by atoms with E-state index < -0.39 is 35.3 Å². The number of hydrogen-bond donors (Lipinski definition) is 2. The summed E-state index contributed by atoms with van der Waals surface area (Å²) in [5, 5.41) is 18.7. The zero-order valence-corrected chi connectivity index (χ0v) is 10.8. The van der Waals surface area contributed by atoms with Crippen molar-refractivity contribution in [3.8, 4) is 0 Å². The molecular formula is C13H18O6. The average molecular weight is 270 g/mol. The minimum Gasteiger partial charge on any atom is -0.481 e. The van der Waals surface area contributed by atoms with Gasteiger partial charge in [0.2, 0.25) is 0 Å². The lowest BCUT2D eigenvalue weighted by Gasteiger charge is -2.41. The third-order valence-electron chi connectivity index (χ3n) is 3.84. The Hall–Kier alpha value is -1.85. The van der Waals surface area contributed by atoms with Gasteiger partial charge in [-0.1, -0.05) is 19.4 Å². The second kappa shape index (κ2) is 5.86. The van der Waals surface area contributed by atoms with E-state index in [0.717, 1.165) is 6.08 Å². The zero-order chi connectivity index (χ0) is 14.6. The smallest absolute Gasteiger partial charge is 0.330 e. The molecule has 106 valence electrons. The van der Waals surface area contributed by atoms with Gasteiger partial charge in [-0.05, 0) is 19.8 Å². The van der Waals surface area contributed by atoms with Gasteiger partial charge in [-0.25, -0.2) is 4.79 Å². The topological polar surface area (TPSA) is 101 Å². The Kier molecular flexibility index (Phi) is 4.69. The number of carboxylic acids is 2. The van der Waals surface area contributed by atoms with Crippen molar-refractivity contribution in [3.63, 3.8) is 0 Å². The number of carbonyl (C=O) groups is 3. The van der Waals surface area contributed by atoms with Gasteiger partial charge in [0.1, 0.15) is 11.5 Å². The standard InChI is InChI=1S/C13H18O6/c1-3-10(14)19-8(2)13(12(17)18)7-5-4-6-9(13)11(15)16/h3,8-9H,1,4-7H2,2H3,(H,15,16)(H,17,18). The first kappa shape index (κ1) is 15.2. The van der Waals surface area contributed by atoms with Gasteiger partial charge in [0, 0.05) is 6.08 Å². The molecule has 0 bridgehead atoms. The third-order valence-corrected chi connectivity index (χ3v) is 3.84. The molecule has 19 heavy (non-hydrogen) atoms. The molecule has 3 atom stereocenters. The van der Waals surface area contributed by atoms with Crippen molar-refractivity contribution in [2.45, 2.75) is 38.7 Å². The maximum absolute atomic E-state index is 11.6. The minimum absolute atomic E-state index is 0.185. The normalized spacial score (nSPS) is 28.2. The molecule has 1 aliphatic rings. The molecule has 0 aromatic rings. The first-order chi connectivity index (χ1) is 8.86. The highest BCUT2D eigenvalue weighted by Gasteiger charge is 2.55. The van der Waals surface area contributed by atoms with Gasteiger partial charge in [0.15, 0.2) is 0 Å². The highest BCUT2D eigenvalue weighted by molar-refractivity contribution is 5.86. The van der Waals surface area contributed by atoms with Crippen LogP contribution in [0.5, 0.6) is 0 Å². The maximum atomic E-state index is 11.6. The summed E-state index contributed by atoms with van der Waals surface area (Å²) in [4.78, 5) is 34.2. The van der Waals surface area contributed by atoms with E-state index in [2.05, 4.69) is 6.58 Å². The summed E-state index contributed by atoms with van der Waals surface area (Å²) >= 11 is 0. The maximum Gasteiger partial charge on any atom is 0.330 e. The summed E-state index contributed by atoms with van der Waals surface area (Å²) in [6.07, 6.45) is 1.64. The number of esters is 1. The van der Waals surface area contributed by atoms with E-state index in [9.17, 15) is 24.6 Å². The molecule has 3 unspecified atom stereocenters. The van der Waals surface area contributed by atoms with Gasteiger partial charge in [-0.3, -0.25) is 9.59 Å². The molecule has 0 heterocycles. The van der Waals surface area contributed by atoms with Crippen LogP contribution in [0.1, 0.15) is 32.6 Å². The van der Waals surface area contributed by atoms with Crippen LogP contribution in [-0.4, -0.2) is 34.2 Å². The molecule has 6 nitrogen and oxygen atoms in total. The molecule has 0 saturated heterocycles. The van der Waals surface area contributed by atoms with Crippen molar-refractivity contribution in [2.24, 2.45) is 11.3 Å². The van der Waals surface area contributed by atoms with E-state index in [0.29, 0.717) is 12.8 Å². The molecule has 0 radical (unpaired) electrons. The van der Waals surface area contributed by atoms with Gasteiger partial charge in [-0.2, -0.15) is 0 Å². The lowest BCUT2D eigenvalue weighted by molar-refractivity contribution is -0.182. The van der Waals surface area contributed by atoms with Crippen LogP contribution in [0.15, 0.2) is 12.7 Å². The highest BCUT2D eigenvalue weighted by atomic mass is 16.5. The van der Waals surface area contributed by atoms with Gasteiger partial charge in [0.25, 0.3) is 0 Å². The Morgan fingerprint density at radius 2 is 2.00 bits per heavy atom. The van der Waals surface area contributed by atoms with Gasteiger partial charge in [-0.15, -0.1) is 0 Å². The molecule has 0 aliphatic heterocycles. The summed E-state index contributed by atoms with van der Waals surface area (Å²) in [6, 6.07) is 0. The first-order valence-electron chi connectivity index (χ1n) is 6.15. The van der Waals surface area contributed by atoms with Crippen LogP contribution in [-0.2, 0) is 19.1 Å². The van der Waals surface area contributed by atoms with E-state index >= 15 is 0 Å². The van der Waals surface area contributed by atoms with Gasteiger partial charge >= 0.3 is 17.9 Å². The van der Waals surface area contributed by atoms with Crippen LogP contribution in [0, 0.1) is 11.3 Å². The van der Waals surface area contributed by atoms with E-state index in [4.69, 9.17) is 4.74 Å². The molecule has 2 N–H and O–H groups in total. The van der Waals surface area contributed by atoms with Crippen LogP contribution in [0.2, 0.25) is 0 Å². The lowest BCUT2D eigenvalue weighted by Crippen LogP contribution is -2.53. The molecule has 1 aliphatic carbocycles. The van der Waals surface area contributed by atoms with Crippen LogP contribution < -0.4 is 0 Å². The van der Waals surface area contributed by atoms with Crippen LogP contribution in [0.3, 0.4) is 0 Å². The van der Waals surface area contributed by atoms with Crippen LogP contribution in [0.4, 0.5) is 0 Å². The fourth-order valence-electron chi connectivity index (χ4n) is 2.79. The second-order valence-corrected chi connectivity index (χ2v) is 4.77. The van der Waals surface area contributed by atoms with E-state index in [1.54, 1.807) is 0 Å². The van der Waals surface area contributed by atoms with Crippen LogP contribution >= 0.6 is 0 Å². The summed E-state index contributed by atoms with van der Waals surface area (Å²) in [6.45, 7) is 4.67. The molecule has 1 saturated carbocycles. The number of rotatable bonds is 5. The molecule has 0 aromatic carbocycles. The fourth-order valence-corrected chi connectivity index (χ4v) is 2.79. The predicted molar refractivity (Wildman–Crippen MR) is 65.4 cm³/mol. The fraction of sp³-hybridized carbons (Fsp3) is 0.615. The Bertz CT molecular complexity index is 402. The number of carboxylic acid groups (broad SMARTS) is 2. The van der Waals surface area contributed by atoms with Crippen molar-refractivity contribution < 1.29 is 29.3 Å². The quantitative estimate of drug-likeness (QED) is 0.579. The van der Waals surface area contributed by atoms with Gasteiger partial charge < -0.3 is 14.9 Å². The van der Waals surface area contributed by atoms with E-state index in [-0.39, 0.29) is 12.8 Å². The number of carbonyl (C=O) groups excluding carboxylic acids is 1. The Balaban J connectivity index is 3.12. The largest absolute Gasteiger partial charge is 0.481 e. The van der Waals surface area contributed by atoms with Gasteiger partial charge in [0.05, 0.1) is 5.92 Å². The van der Waals surface area contributed by atoms with Crippen molar-refractivity contribution in [3.05, 3.63) is 12.7 Å². The highest BCUT2D eigenvalue weighted by Crippen LogP contribution is 2.45. The molecule has 1 rings (SSSR count). The molecule has 6 heteroatoms. The Morgan fingerprint density at radius 1 is 1.37 bits per heavy atom. The predicted octanol–water partition coefficient (Wildman–Crippen LogP) is 1.45. The SMILES string of the molecule is C=CC(=O)OC(C)C1(C(=O)O)CCCCC1C(=O)O. The van der Waals surface area contributed by atoms with Crippen LogP contribution in [0.25, 0.3) is 0 Å². The summed E-state index contributed by atoms with van der Waals surface area (Å²) < 4.78 is 4.98. The van der Waals surface area contributed by atoms with Crippen molar-refractivity contribution in [2.75, 3.05) is 0 Å². The van der Waals surface area contributed by atoms with Crippen molar-refractivity contribution >= 4 is 17.9 Å². The monoisotopic (exact) mass is 270 g/mol. The summed E-state index contributed by atoms with van der Waals surface area (Å²) in [5.41, 5.74) is -1.57. The molecule has 0 spiro atoms. The molecule has 0 aromatic heterocycles. The second-order valence-electron chi connectivity index (χ2n) is 4.77. The van der Waals surface area contributed by atoms with E-state index in [1.165, 1.54) is 6.92 Å². The third kappa shape index (κ3) is 2.77. The number of hydrogen-bond acceptors (Lipinski definition) is 4.